The van der Waals surface area contributed by atoms with Gasteiger partial charge in [-0.1, -0.05) is 29.8 Å². The number of anilines is 1. The summed E-state index contributed by atoms with van der Waals surface area (Å²) >= 11 is 6.14. The number of amides is 1. The number of hydrogen-bond donors (Lipinski definition) is 1. The summed E-state index contributed by atoms with van der Waals surface area (Å²) in [5.41, 5.74) is 3.10. The van der Waals surface area contributed by atoms with E-state index in [0.29, 0.717) is 55.9 Å². The number of nitrogens with one attached hydrogen (secondary N) is 1. The van der Waals surface area contributed by atoms with Crippen LogP contribution in [0.4, 0.5) is 5.69 Å². The zero-order valence-electron chi connectivity index (χ0n) is 22.1. The van der Waals surface area contributed by atoms with Crippen molar-refractivity contribution in [3.63, 3.8) is 0 Å². The number of fused-ring (bicyclic) bond motifs is 1. The first-order valence-corrected chi connectivity index (χ1v) is 12.2. The number of methoxy groups -OCH3 is 4. The van der Waals surface area contributed by atoms with E-state index in [1.54, 1.807) is 55.5 Å². The molecule has 0 aliphatic rings. The largest absolute Gasteiger partial charge is 0.495 e. The Kier molecular flexibility index (Phi) is 8.41. The number of aromatic nitrogens is 1. The van der Waals surface area contributed by atoms with Gasteiger partial charge in [0.05, 0.1) is 50.9 Å². The second kappa shape index (κ2) is 11.9. The molecule has 0 bridgehead atoms. The van der Waals surface area contributed by atoms with Crippen LogP contribution in [0.3, 0.4) is 0 Å². The molecule has 1 N–H and O–H groups in total. The van der Waals surface area contributed by atoms with E-state index in [0.717, 1.165) is 5.56 Å². The molecule has 0 radical (unpaired) electrons. The van der Waals surface area contributed by atoms with Crippen LogP contribution in [0.1, 0.15) is 15.9 Å². The topological polar surface area (TPSA) is 105 Å². The molecule has 3 aromatic carbocycles. The van der Waals surface area contributed by atoms with Crippen LogP contribution >= 0.6 is 11.6 Å². The highest BCUT2D eigenvalue weighted by Crippen LogP contribution is 2.41. The lowest BCUT2D eigenvalue weighted by Crippen LogP contribution is -2.21. The van der Waals surface area contributed by atoms with Crippen molar-refractivity contribution >= 4 is 40.1 Å². The highest BCUT2D eigenvalue weighted by molar-refractivity contribution is 6.31. The van der Waals surface area contributed by atoms with E-state index < -0.39 is 18.5 Å². The summed E-state index contributed by atoms with van der Waals surface area (Å²) in [5, 5.41) is 3.78. The van der Waals surface area contributed by atoms with Crippen LogP contribution in [0.25, 0.3) is 22.2 Å². The van der Waals surface area contributed by atoms with Crippen LogP contribution < -0.4 is 24.3 Å². The molecule has 1 aromatic heterocycles. The molecule has 0 atom stereocenters. The Balaban J connectivity index is 1.63. The van der Waals surface area contributed by atoms with Gasteiger partial charge in [0.2, 0.25) is 5.75 Å². The van der Waals surface area contributed by atoms with Crippen LogP contribution in [-0.4, -0.2) is 51.9 Å². The van der Waals surface area contributed by atoms with E-state index in [2.05, 4.69) is 5.32 Å². The molecular formula is C29H27ClN2O7. The van der Waals surface area contributed by atoms with Gasteiger partial charge in [0.1, 0.15) is 5.75 Å². The van der Waals surface area contributed by atoms with Gasteiger partial charge in [0.15, 0.2) is 18.1 Å². The molecule has 39 heavy (non-hydrogen) atoms. The molecule has 0 spiro atoms. The number of rotatable bonds is 9. The van der Waals surface area contributed by atoms with Gasteiger partial charge in [-0.2, -0.15) is 0 Å². The summed E-state index contributed by atoms with van der Waals surface area (Å²) < 4.78 is 27.0. The molecule has 0 aliphatic heterocycles. The normalized spacial score (nSPS) is 10.6. The highest BCUT2D eigenvalue weighted by Gasteiger charge is 2.20. The van der Waals surface area contributed by atoms with Crippen molar-refractivity contribution in [1.82, 2.24) is 4.98 Å². The summed E-state index contributed by atoms with van der Waals surface area (Å²) in [6.45, 7) is 1.29. The number of carbonyl (C=O) groups excluding carboxylic acids is 2. The Bertz CT molecular complexity index is 1530. The van der Waals surface area contributed by atoms with E-state index in [9.17, 15) is 9.59 Å². The minimum Gasteiger partial charge on any atom is -0.495 e. The summed E-state index contributed by atoms with van der Waals surface area (Å²) in [6, 6.07) is 15.5. The van der Waals surface area contributed by atoms with Crippen LogP contribution in [0.15, 0.2) is 54.6 Å². The Morgan fingerprint density at radius 1 is 0.872 bits per heavy atom. The van der Waals surface area contributed by atoms with Crippen LogP contribution in [0.5, 0.6) is 23.0 Å². The van der Waals surface area contributed by atoms with E-state index >= 15 is 0 Å². The molecule has 1 amide bonds. The van der Waals surface area contributed by atoms with Crippen LogP contribution in [-0.2, 0) is 9.53 Å². The number of hydrogen-bond acceptors (Lipinski definition) is 8. The minimum atomic E-state index is -0.684. The maximum atomic E-state index is 13.2. The predicted molar refractivity (Wildman–Crippen MR) is 148 cm³/mol. The van der Waals surface area contributed by atoms with E-state index in [-0.39, 0.29) is 5.56 Å². The Labute approximate surface area is 230 Å². The number of aryl methyl sites for hydroxylation is 1. The van der Waals surface area contributed by atoms with Crippen molar-refractivity contribution in [2.75, 3.05) is 40.4 Å². The lowest BCUT2D eigenvalue weighted by atomic mass is 10.0. The lowest BCUT2D eigenvalue weighted by Gasteiger charge is -2.15. The molecule has 0 saturated carbocycles. The van der Waals surface area contributed by atoms with Crippen molar-refractivity contribution in [2.24, 2.45) is 0 Å². The van der Waals surface area contributed by atoms with Gasteiger partial charge in [-0.05, 0) is 42.8 Å². The molecule has 0 saturated heterocycles. The van der Waals surface area contributed by atoms with Gasteiger partial charge in [-0.3, -0.25) is 4.79 Å². The van der Waals surface area contributed by atoms with Crippen molar-refractivity contribution in [3.8, 4) is 34.3 Å². The van der Waals surface area contributed by atoms with E-state index in [1.165, 1.54) is 28.4 Å². The second-order valence-electron chi connectivity index (χ2n) is 8.41. The lowest BCUT2D eigenvalue weighted by molar-refractivity contribution is -0.119. The molecule has 4 rings (SSSR count). The number of halogens is 1. The summed E-state index contributed by atoms with van der Waals surface area (Å²) in [4.78, 5) is 30.6. The van der Waals surface area contributed by atoms with Crippen molar-refractivity contribution in [2.45, 2.75) is 6.92 Å². The van der Waals surface area contributed by atoms with Crippen molar-refractivity contribution < 1.29 is 33.3 Å². The van der Waals surface area contributed by atoms with Gasteiger partial charge < -0.3 is 29.0 Å². The summed E-state index contributed by atoms with van der Waals surface area (Å²) in [7, 11) is 6.02. The van der Waals surface area contributed by atoms with Gasteiger partial charge in [0, 0.05) is 22.0 Å². The number of ether oxygens (including phenoxy) is 5. The summed E-state index contributed by atoms with van der Waals surface area (Å²) in [6.07, 6.45) is 0. The monoisotopic (exact) mass is 550 g/mol. The molecule has 0 unspecified atom stereocenters. The Morgan fingerprint density at radius 2 is 1.54 bits per heavy atom. The number of pyridine rings is 1. The van der Waals surface area contributed by atoms with Gasteiger partial charge in [-0.25, -0.2) is 9.78 Å². The molecular weight excluding hydrogens is 524 g/mol. The average molecular weight is 551 g/mol. The van der Waals surface area contributed by atoms with Gasteiger partial charge in [-0.15, -0.1) is 0 Å². The van der Waals surface area contributed by atoms with Crippen molar-refractivity contribution in [3.05, 3.63) is 70.7 Å². The zero-order chi connectivity index (χ0) is 28.1. The van der Waals surface area contributed by atoms with E-state index in [4.69, 9.17) is 40.3 Å². The quantitative estimate of drug-likeness (QED) is 0.265. The molecule has 0 fully saturated rings. The first kappa shape index (κ1) is 27.5. The number of benzene rings is 3. The van der Waals surface area contributed by atoms with Crippen molar-refractivity contribution in [1.29, 1.82) is 0 Å². The van der Waals surface area contributed by atoms with E-state index in [1.807, 2.05) is 6.07 Å². The van der Waals surface area contributed by atoms with Gasteiger partial charge in [0.25, 0.3) is 5.91 Å². The van der Waals surface area contributed by atoms with Gasteiger partial charge >= 0.3 is 5.97 Å². The second-order valence-corrected chi connectivity index (χ2v) is 8.82. The zero-order valence-corrected chi connectivity index (χ0v) is 22.8. The first-order chi connectivity index (χ1) is 18.8. The fourth-order valence-corrected chi connectivity index (χ4v) is 4.20. The Morgan fingerprint density at radius 3 is 2.18 bits per heavy atom. The van der Waals surface area contributed by atoms with Crippen LogP contribution in [0, 0.1) is 6.92 Å². The third-order valence-corrected chi connectivity index (χ3v) is 6.39. The third-order valence-electron chi connectivity index (χ3n) is 5.99. The molecule has 10 heteroatoms. The maximum Gasteiger partial charge on any atom is 0.339 e. The molecule has 202 valence electrons. The molecule has 9 nitrogen and oxygen atoms in total. The minimum absolute atomic E-state index is 0.247. The third kappa shape index (κ3) is 5.83. The number of nitrogens with zero attached hydrogens (tertiary/aromatic N) is 1. The fraction of sp³-hybridized carbons (Fsp3) is 0.207. The molecule has 1 heterocycles. The molecule has 4 aromatic rings. The highest BCUT2D eigenvalue weighted by atomic mass is 35.5. The predicted octanol–water partition coefficient (Wildman–Crippen LogP) is 5.69. The standard InChI is InChI=1S/C29H27ClN2O7/c1-16-10-23(24(35-2)14-20(16)30)32-27(33)15-39-29(34)19-13-22(31-21-9-7-6-8-18(19)21)17-11-25(36-3)28(38-5)26(12-17)37-4/h6-14H,15H2,1-5H3,(H,32,33). The smallest absolute Gasteiger partial charge is 0.339 e. The number of carbonyl (C=O) groups is 2. The summed E-state index contributed by atoms with van der Waals surface area (Å²) in [5.74, 6) is 0.484. The fourth-order valence-electron chi connectivity index (χ4n) is 4.05. The average Bonchev–Trinajstić information content (AvgIpc) is 2.96. The van der Waals surface area contributed by atoms with Crippen LogP contribution in [0.2, 0.25) is 5.02 Å². The Hall–Kier alpha value is -4.50. The number of esters is 1. The molecule has 0 aliphatic carbocycles. The number of para-hydroxylation sites is 1. The maximum absolute atomic E-state index is 13.2. The first-order valence-electron chi connectivity index (χ1n) is 11.8. The SMILES string of the molecule is COc1cc(Cl)c(C)cc1NC(=O)COC(=O)c1cc(-c2cc(OC)c(OC)c(OC)c2)nc2ccccc12.